The summed E-state index contributed by atoms with van der Waals surface area (Å²) >= 11 is 7.25. The molecule has 0 saturated carbocycles. The van der Waals surface area contributed by atoms with Crippen molar-refractivity contribution in [1.82, 2.24) is 15.0 Å². The van der Waals surface area contributed by atoms with E-state index in [1.165, 1.54) is 11.8 Å². The lowest BCUT2D eigenvalue weighted by Gasteiger charge is -2.22. The van der Waals surface area contributed by atoms with E-state index in [4.69, 9.17) is 11.6 Å². The van der Waals surface area contributed by atoms with Gasteiger partial charge in [-0.15, -0.1) is 0 Å². The molecule has 1 amide bonds. The van der Waals surface area contributed by atoms with Gasteiger partial charge in [0.05, 0.1) is 16.3 Å². The first kappa shape index (κ1) is 17.8. The maximum atomic E-state index is 12.3. The number of carbonyl (C=O) groups is 1. The minimum atomic E-state index is -0.0758. The zero-order valence-corrected chi connectivity index (χ0v) is 15.8. The topological polar surface area (TPSA) is 70.7 Å². The number of halogens is 1. The number of rotatable bonds is 4. The molecule has 0 spiro atoms. The Bertz CT molecular complexity index is 917. The van der Waals surface area contributed by atoms with E-state index in [1.807, 2.05) is 24.3 Å². The van der Waals surface area contributed by atoms with Crippen molar-refractivity contribution in [2.75, 3.05) is 11.1 Å². The number of carbonyl (C=O) groups excluding carboxylic acids is 1. The smallest absolute Gasteiger partial charge is 0.234 e. The molecule has 5 nitrogen and oxygen atoms in total. The van der Waals surface area contributed by atoms with Crippen LogP contribution in [0, 0.1) is 0 Å². The molecule has 0 saturated heterocycles. The molecule has 0 atom stereocenters. The molecule has 2 aromatic heterocycles. The van der Waals surface area contributed by atoms with Crippen LogP contribution in [0.3, 0.4) is 0 Å². The number of fused-ring (bicyclic) bond motifs is 1. The highest BCUT2D eigenvalue weighted by atomic mass is 35.5. The first-order chi connectivity index (χ1) is 11.8. The first-order valence-corrected chi connectivity index (χ1v) is 9.23. The summed E-state index contributed by atoms with van der Waals surface area (Å²) < 4.78 is 0. The fourth-order valence-electron chi connectivity index (χ4n) is 2.49. The van der Waals surface area contributed by atoms with Crippen molar-refractivity contribution in [2.24, 2.45) is 0 Å². The lowest BCUT2D eigenvalue weighted by atomic mass is 9.86. The van der Waals surface area contributed by atoms with Crippen LogP contribution in [0.1, 0.15) is 26.3 Å². The van der Waals surface area contributed by atoms with Crippen LogP contribution in [-0.4, -0.2) is 26.6 Å². The molecule has 25 heavy (non-hydrogen) atoms. The summed E-state index contributed by atoms with van der Waals surface area (Å²) in [5.41, 5.74) is 3.26. The molecule has 0 aliphatic carbocycles. The standard InChI is InChI=1S/C18H19ClN4OS/c1-18(2,3)12-6-4-5-7-13(12)21-15(24)10-25-17-22-14-8-11(19)9-20-16(14)23-17/h4-9H,10H2,1-3H3,(H,21,24)(H,20,22,23). The molecule has 7 heteroatoms. The minimum Gasteiger partial charge on any atom is -0.331 e. The van der Waals surface area contributed by atoms with Crippen LogP contribution in [0.15, 0.2) is 41.7 Å². The maximum absolute atomic E-state index is 12.3. The summed E-state index contributed by atoms with van der Waals surface area (Å²) in [6.07, 6.45) is 1.55. The summed E-state index contributed by atoms with van der Waals surface area (Å²) in [6.45, 7) is 6.37. The molecule has 0 unspecified atom stereocenters. The number of benzene rings is 1. The number of aromatic nitrogens is 3. The predicted molar refractivity (Wildman–Crippen MR) is 103 cm³/mol. The van der Waals surface area contributed by atoms with Crippen molar-refractivity contribution in [3.8, 4) is 0 Å². The Kier molecular flexibility index (Phi) is 5.01. The third-order valence-electron chi connectivity index (χ3n) is 3.63. The number of hydrogen-bond acceptors (Lipinski definition) is 4. The summed E-state index contributed by atoms with van der Waals surface area (Å²) in [5, 5.41) is 4.18. The Hall–Kier alpha value is -2.05. The number of aromatic amines is 1. The molecule has 2 heterocycles. The number of thioether (sulfide) groups is 1. The van der Waals surface area contributed by atoms with E-state index in [0.717, 1.165) is 16.8 Å². The van der Waals surface area contributed by atoms with Gasteiger partial charge in [-0.05, 0) is 23.1 Å². The van der Waals surface area contributed by atoms with Gasteiger partial charge in [-0.3, -0.25) is 4.79 Å². The molecule has 2 N–H and O–H groups in total. The number of pyridine rings is 1. The number of H-pyrrole nitrogens is 1. The number of anilines is 1. The quantitative estimate of drug-likeness (QED) is 0.652. The van der Waals surface area contributed by atoms with Crippen molar-refractivity contribution in [3.63, 3.8) is 0 Å². The summed E-state index contributed by atoms with van der Waals surface area (Å²) in [6, 6.07) is 9.64. The molecule has 0 radical (unpaired) electrons. The van der Waals surface area contributed by atoms with Gasteiger partial charge in [0.2, 0.25) is 5.91 Å². The highest BCUT2D eigenvalue weighted by Crippen LogP contribution is 2.29. The average molecular weight is 375 g/mol. The van der Waals surface area contributed by atoms with E-state index >= 15 is 0 Å². The summed E-state index contributed by atoms with van der Waals surface area (Å²) in [4.78, 5) is 23.9. The van der Waals surface area contributed by atoms with Gasteiger partial charge in [0.15, 0.2) is 10.8 Å². The minimum absolute atomic E-state index is 0.0410. The van der Waals surface area contributed by atoms with Gasteiger partial charge in [0.1, 0.15) is 0 Å². The largest absolute Gasteiger partial charge is 0.331 e. The molecule has 130 valence electrons. The normalized spacial score (nSPS) is 11.7. The molecular formula is C18H19ClN4OS. The van der Waals surface area contributed by atoms with E-state index in [0.29, 0.717) is 15.8 Å². The molecule has 1 aromatic carbocycles. The van der Waals surface area contributed by atoms with Crippen LogP contribution < -0.4 is 5.32 Å². The second-order valence-electron chi connectivity index (χ2n) is 6.70. The predicted octanol–water partition coefficient (Wildman–Crippen LogP) is 4.64. The van der Waals surface area contributed by atoms with Crippen LogP contribution >= 0.6 is 23.4 Å². The van der Waals surface area contributed by atoms with Gasteiger partial charge in [0, 0.05) is 11.9 Å². The zero-order chi connectivity index (χ0) is 18.0. The molecule has 3 rings (SSSR count). The molecule has 3 aromatic rings. The van der Waals surface area contributed by atoms with Gasteiger partial charge >= 0.3 is 0 Å². The van der Waals surface area contributed by atoms with E-state index < -0.39 is 0 Å². The van der Waals surface area contributed by atoms with Gasteiger partial charge in [-0.1, -0.05) is 62.3 Å². The van der Waals surface area contributed by atoms with Crippen molar-refractivity contribution in [2.45, 2.75) is 31.3 Å². The number of nitrogens with one attached hydrogen (secondary N) is 2. The van der Waals surface area contributed by atoms with Gasteiger partial charge in [-0.25, -0.2) is 9.97 Å². The Labute approximate surface area is 155 Å². The fourth-order valence-corrected chi connectivity index (χ4v) is 3.32. The van der Waals surface area contributed by atoms with Crippen molar-refractivity contribution < 1.29 is 4.79 Å². The lowest BCUT2D eigenvalue weighted by Crippen LogP contribution is -2.19. The van der Waals surface area contributed by atoms with Crippen molar-refractivity contribution in [1.29, 1.82) is 0 Å². The van der Waals surface area contributed by atoms with Crippen LogP contribution in [0.5, 0.6) is 0 Å². The lowest BCUT2D eigenvalue weighted by molar-refractivity contribution is -0.113. The van der Waals surface area contributed by atoms with Crippen LogP contribution in [0.25, 0.3) is 11.2 Å². The number of imidazole rings is 1. The van der Waals surface area contributed by atoms with Gasteiger partial charge in [0.25, 0.3) is 0 Å². The van der Waals surface area contributed by atoms with Crippen molar-refractivity contribution >= 4 is 46.1 Å². The van der Waals surface area contributed by atoms with Gasteiger partial charge < -0.3 is 10.3 Å². The third-order valence-corrected chi connectivity index (χ3v) is 4.71. The summed E-state index contributed by atoms with van der Waals surface area (Å²) in [5.74, 6) is 0.180. The maximum Gasteiger partial charge on any atom is 0.234 e. The van der Waals surface area contributed by atoms with Crippen LogP contribution in [0.2, 0.25) is 5.02 Å². The highest BCUT2D eigenvalue weighted by molar-refractivity contribution is 7.99. The summed E-state index contributed by atoms with van der Waals surface area (Å²) in [7, 11) is 0. The first-order valence-electron chi connectivity index (χ1n) is 7.86. The van der Waals surface area contributed by atoms with E-state index in [2.05, 4.69) is 41.0 Å². The molecule has 0 aliphatic heterocycles. The second-order valence-corrected chi connectivity index (χ2v) is 8.10. The molecule has 0 bridgehead atoms. The highest BCUT2D eigenvalue weighted by Gasteiger charge is 2.18. The fraction of sp³-hybridized carbons (Fsp3) is 0.278. The van der Waals surface area contributed by atoms with Gasteiger partial charge in [-0.2, -0.15) is 0 Å². The Balaban J connectivity index is 1.67. The molecule has 0 aliphatic rings. The van der Waals surface area contributed by atoms with E-state index in [-0.39, 0.29) is 17.1 Å². The van der Waals surface area contributed by atoms with Crippen LogP contribution in [0.4, 0.5) is 5.69 Å². The van der Waals surface area contributed by atoms with E-state index in [9.17, 15) is 4.79 Å². The third kappa shape index (κ3) is 4.32. The average Bonchev–Trinajstić information content (AvgIpc) is 2.94. The number of nitrogens with zero attached hydrogens (tertiary/aromatic N) is 2. The zero-order valence-electron chi connectivity index (χ0n) is 14.3. The SMILES string of the molecule is CC(C)(C)c1ccccc1NC(=O)CSc1nc2ncc(Cl)cc2[nH]1. The number of hydrogen-bond donors (Lipinski definition) is 2. The van der Waals surface area contributed by atoms with Crippen LogP contribution in [-0.2, 0) is 10.2 Å². The Morgan fingerprint density at radius 3 is 2.84 bits per heavy atom. The second kappa shape index (κ2) is 7.06. The van der Waals surface area contributed by atoms with Crippen molar-refractivity contribution in [3.05, 3.63) is 47.1 Å². The molecule has 0 fully saturated rings. The number of para-hydroxylation sites is 1. The Morgan fingerprint density at radius 2 is 2.08 bits per heavy atom. The molecular weight excluding hydrogens is 356 g/mol. The van der Waals surface area contributed by atoms with E-state index in [1.54, 1.807) is 12.3 Å². The number of amides is 1. The Morgan fingerprint density at radius 1 is 1.32 bits per heavy atom. The monoisotopic (exact) mass is 374 g/mol.